The summed E-state index contributed by atoms with van der Waals surface area (Å²) in [6, 6.07) is 23.8. The summed E-state index contributed by atoms with van der Waals surface area (Å²) in [4.78, 5) is 0. The van der Waals surface area contributed by atoms with Crippen LogP contribution in [0.1, 0.15) is 11.1 Å². The molecule has 1 aliphatic rings. The fourth-order valence-electron chi connectivity index (χ4n) is 3.66. The molecule has 0 bridgehead atoms. The maximum atomic E-state index is 6.23. The molecule has 1 N–H and O–H groups in total. The van der Waals surface area contributed by atoms with Gasteiger partial charge in [0.05, 0.1) is 21.4 Å². The molecule has 5 rings (SSSR count). The highest BCUT2D eigenvalue weighted by Crippen LogP contribution is 2.36. The van der Waals surface area contributed by atoms with E-state index in [2.05, 4.69) is 17.4 Å². The molecule has 1 aromatic heterocycles. The van der Waals surface area contributed by atoms with Gasteiger partial charge < -0.3 is 10.1 Å². The molecule has 0 saturated carbocycles. The highest BCUT2D eigenvalue weighted by molar-refractivity contribution is 6.42. The smallest absolute Gasteiger partial charge is 0.133 e. The predicted octanol–water partition coefficient (Wildman–Crippen LogP) is 6.39. The van der Waals surface area contributed by atoms with Crippen molar-refractivity contribution in [1.82, 2.24) is 9.78 Å². The molecule has 150 valence electrons. The van der Waals surface area contributed by atoms with E-state index in [1.165, 1.54) is 5.56 Å². The lowest BCUT2D eigenvalue weighted by molar-refractivity contribution is 0.306. The number of nitrogens with one attached hydrogen (secondary N) is 1. The summed E-state index contributed by atoms with van der Waals surface area (Å²) in [5, 5.41) is 9.41. The van der Waals surface area contributed by atoms with Gasteiger partial charge in [0.25, 0.3) is 0 Å². The normalized spacial score (nSPS) is 12.5. The molecule has 0 atom stereocenters. The molecule has 0 amide bonds. The maximum Gasteiger partial charge on any atom is 0.133 e. The molecule has 0 spiro atoms. The largest absolute Gasteiger partial charge is 0.489 e. The standard InChI is InChI=1S/C24H19Cl2N3O/c25-21-11-6-17(14-22(21)26)23-20-12-13-27-24(20)29(28-23)18-7-9-19(10-8-18)30-15-16-4-2-1-3-5-16/h1-11,14,27H,12-13,15H2. The van der Waals surface area contributed by atoms with E-state index in [9.17, 15) is 0 Å². The first-order valence-corrected chi connectivity index (χ1v) is 10.5. The van der Waals surface area contributed by atoms with Gasteiger partial charge in [-0.15, -0.1) is 0 Å². The van der Waals surface area contributed by atoms with Gasteiger partial charge in [0.1, 0.15) is 18.2 Å². The van der Waals surface area contributed by atoms with Gasteiger partial charge >= 0.3 is 0 Å². The Balaban J connectivity index is 1.42. The Morgan fingerprint density at radius 3 is 2.50 bits per heavy atom. The maximum absolute atomic E-state index is 6.23. The number of benzene rings is 3. The Hall–Kier alpha value is -2.95. The van der Waals surface area contributed by atoms with Crippen molar-refractivity contribution in [3.8, 4) is 22.7 Å². The van der Waals surface area contributed by atoms with Crippen molar-refractivity contribution in [2.24, 2.45) is 0 Å². The first kappa shape index (κ1) is 19.0. The van der Waals surface area contributed by atoms with E-state index in [4.69, 9.17) is 33.0 Å². The highest BCUT2D eigenvalue weighted by Gasteiger charge is 2.24. The van der Waals surface area contributed by atoms with Gasteiger partial charge in [-0.25, -0.2) is 4.68 Å². The second-order valence-corrected chi connectivity index (χ2v) is 7.98. The average Bonchev–Trinajstić information content (AvgIpc) is 3.38. The van der Waals surface area contributed by atoms with Crippen LogP contribution in [0.3, 0.4) is 0 Å². The first-order valence-electron chi connectivity index (χ1n) is 9.77. The Labute approximate surface area is 185 Å². The van der Waals surface area contributed by atoms with Crippen molar-refractivity contribution in [2.45, 2.75) is 13.0 Å². The van der Waals surface area contributed by atoms with Crippen molar-refractivity contribution < 1.29 is 4.74 Å². The van der Waals surface area contributed by atoms with Crippen LogP contribution in [0.5, 0.6) is 5.75 Å². The Bertz CT molecular complexity index is 1190. The minimum absolute atomic E-state index is 0.531. The number of aromatic nitrogens is 2. The van der Waals surface area contributed by atoms with Gasteiger partial charge in [0, 0.05) is 17.7 Å². The minimum atomic E-state index is 0.531. The number of nitrogens with zero attached hydrogens (tertiary/aromatic N) is 2. The second-order valence-electron chi connectivity index (χ2n) is 7.16. The van der Waals surface area contributed by atoms with Crippen molar-refractivity contribution in [2.75, 3.05) is 11.9 Å². The van der Waals surface area contributed by atoms with Crippen molar-refractivity contribution in [3.05, 3.63) is 94.0 Å². The third-order valence-corrected chi connectivity index (χ3v) is 5.91. The predicted molar refractivity (Wildman–Crippen MR) is 122 cm³/mol. The molecule has 0 fully saturated rings. The van der Waals surface area contributed by atoms with Gasteiger partial charge in [-0.1, -0.05) is 59.6 Å². The Kier molecular flexibility index (Phi) is 5.11. The first-order chi connectivity index (χ1) is 14.7. The van der Waals surface area contributed by atoms with Gasteiger partial charge in [-0.2, -0.15) is 5.10 Å². The molecule has 2 heterocycles. The molecular formula is C24H19Cl2N3O. The number of hydrogen-bond donors (Lipinski definition) is 1. The van der Waals surface area contributed by atoms with Crippen LogP contribution in [-0.2, 0) is 13.0 Å². The fraction of sp³-hybridized carbons (Fsp3) is 0.125. The van der Waals surface area contributed by atoms with E-state index >= 15 is 0 Å². The number of hydrogen-bond acceptors (Lipinski definition) is 3. The van der Waals surface area contributed by atoms with E-state index in [0.717, 1.165) is 47.0 Å². The van der Waals surface area contributed by atoms with Crippen LogP contribution in [0, 0.1) is 0 Å². The lowest BCUT2D eigenvalue weighted by Crippen LogP contribution is -2.04. The highest BCUT2D eigenvalue weighted by atomic mass is 35.5. The van der Waals surface area contributed by atoms with E-state index in [-0.39, 0.29) is 0 Å². The summed E-state index contributed by atoms with van der Waals surface area (Å²) in [5.74, 6) is 1.85. The molecule has 4 aromatic rings. The van der Waals surface area contributed by atoms with Crippen LogP contribution < -0.4 is 10.1 Å². The molecule has 3 aromatic carbocycles. The van der Waals surface area contributed by atoms with Crippen molar-refractivity contribution in [1.29, 1.82) is 0 Å². The lowest BCUT2D eigenvalue weighted by Gasteiger charge is -2.09. The molecule has 1 aliphatic heterocycles. The number of anilines is 1. The summed E-state index contributed by atoms with van der Waals surface area (Å²) in [6.07, 6.45) is 0.920. The Morgan fingerprint density at radius 2 is 1.73 bits per heavy atom. The third kappa shape index (κ3) is 3.64. The van der Waals surface area contributed by atoms with Crippen LogP contribution >= 0.6 is 23.2 Å². The monoisotopic (exact) mass is 435 g/mol. The molecule has 0 unspecified atom stereocenters. The van der Waals surface area contributed by atoms with E-state index in [1.807, 2.05) is 65.3 Å². The number of ether oxygens (including phenoxy) is 1. The fourth-order valence-corrected chi connectivity index (χ4v) is 3.96. The zero-order chi connectivity index (χ0) is 20.5. The van der Waals surface area contributed by atoms with E-state index in [1.54, 1.807) is 0 Å². The summed E-state index contributed by atoms with van der Waals surface area (Å²) in [6.45, 7) is 1.43. The zero-order valence-electron chi connectivity index (χ0n) is 16.1. The number of fused-ring (bicyclic) bond motifs is 1. The lowest BCUT2D eigenvalue weighted by atomic mass is 10.1. The quantitative estimate of drug-likeness (QED) is 0.394. The van der Waals surface area contributed by atoms with Crippen LogP contribution in [-0.4, -0.2) is 16.3 Å². The average molecular weight is 436 g/mol. The topological polar surface area (TPSA) is 39.1 Å². The number of halogens is 2. The minimum Gasteiger partial charge on any atom is -0.489 e. The molecule has 30 heavy (non-hydrogen) atoms. The number of rotatable bonds is 5. The van der Waals surface area contributed by atoms with Gasteiger partial charge in [0.15, 0.2) is 0 Å². The van der Waals surface area contributed by atoms with Crippen LogP contribution in [0.15, 0.2) is 72.8 Å². The molecule has 4 nitrogen and oxygen atoms in total. The van der Waals surface area contributed by atoms with Gasteiger partial charge in [0.2, 0.25) is 0 Å². The summed E-state index contributed by atoms with van der Waals surface area (Å²) >= 11 is 12.3. The van der Waals surface area contributed by atoms with Gasteiger partial charge in [-0.05, 0) is 48.4 Å². The molecule has 0 aliphatic carbocycles. The van der Waals surface area contributed by atoms with Crippen LogP contribution in [0.2, 0.25) is 10.0 Å². The zero-order valence-corrected chi connectivity index (χ0v) is 17.6. The van der Waals surface area contributed by atoms with Crippen LogP contribution in [0.25, 0.3) is 16.9 Å². The third-order valence-electron chi connectivity index (χ3n) is 5.17. The summed E-state index contributed by atoms with van der Waals surface area (Å²) < 4.78 is 7.85. The van der Waals surface area contributed by atoms with Crippen molar-refractivity contribution in [3.63, 3.8) is 0 Å². The molecule has 0 radical (unpaired) electrons. The molecule has 0 saturated heterocycles. The second kappa shape index (κ2) is 8.05. The molecule has 6 heteroatoms. The van der Waals surface area contributed by atoms with Gasteiger partial charge in [-0.3, -0.25) is 0 Å². The Morgan fingerprint density at radius 1 is 0.933 bits per heavy atom. The van der Waals surface area contributed by atoms with E-state index < -0.39 is 0 Å². The summed E-state index contributed by atoms with van der Waals surface area (Å²) in [7, 11) is 0. The summed E-state index contributed by atoms with van der Waals surface area (Å²) in [5.41, 5.74) is 5.20. The van der Waals surface area contributed by atoms with Crippen molar-refractivity contribution >= 4 is 29.0 Å². The van der Waals surface area contributed by atoms with Crippen LogP contribution in [0.4, 0.5) is 5.82 Å². The molecular weight excluding hydrogens is 417 g/mol. The SMILES string of the molecule is Clc1ccc(-c2nn(-c3ccc(OCc4ccccc4)cc3)c3c2CCN3)cc1Cl. The van der Waals surface area contributed by atoms with E-state index in [0.29, 0.717) is 16.7 Å².